The lowest BCUT2D eigenvalue weighted by molar-refractivity contribution is -0.690. The first kappa shape index (κ1) is 19.2. The van der Waals surface area contributed by atoms with Crippen LogP contribution in [0.15, 0.2) is 35.3 Å². The van der Waals surface area contributed by atoms with Gasteiger partial charge in [0.2, 0.25) is 11.0 Å². The summed E-state index contributed by atoms with van der Waals surface area (Å²) in [4.78, 5) is 2.51. The summed E-state index contributed by atoms with van der Waals surface area (Å²) in [5.74, 6) is 0. The van der Waals surface area contributed by atoms with Crippen molar-refractivity contribution in [1.82, 2.24) is 0 Å². The number of thiazole rings is 2. The fourth-order valence-corrected chi connectivity index (χ4v) is 5.01. The second kappa shape index (κ2) is 8.86. The molecule has 3 aromatic rings. The van der Waals surface area contributed by atoms with E-state index in [2.05, 4.69) is 58.3 Å². The highest BCUT2D eigenvalue weighted by atomic mass is 32.1. The summed E-state index contributed by atoms with van der Waals surface area (Å²) in [6, 6.07) is 8.79. The van der Waals surface area contributed by atoms with Gasteiger partial charge in [-0.15, -0.1) is 0 Å². The van der Waals surface area contributed by atoms with E-state index in [9.17, 15) is 0 Å². The second-order valence-electron chi connectivity index (χ2n) is 6.48. The Hall–Kier alpha value is -1.60. The molecule has 138 valence electrons. The van der Waals surface area contributed by atoms with Gasteiger partial charge >= 0.3 is 0 Å². The van der Waals surface area contributed by atoms with Crippen molar-refractivity contribution in [2.75, 3.05) is 13.2 Å². The molecule has 0 amide bonds. The molecule has 4 nitrogen and oxygen atoms in total. The number of hydrogen-bond acceptors (Lipinski definition) is 4. The first-order valence-electron chi connectivity index (χ1n) is 8.84. The standard InChI is InChI=1S/C20H26N2O2S2/c1-15-19(7-9-23)25-13-21(15)11-17-3-5-18(6-4-17)12-22-14-26-20(8-10-24)16(22)2/h3-6,13-14,23-24H,7-12H2,1-2H3/q+2. The first-order chi connectivity index (χ1) is 12.6. The monoisotopic (exact) mass is 390 g/mol. The van der Waals surface area contributed by atoms with E-state index in [-0.39, 0.29) is 13.2 Å². The van der Waals surface area contributed by atoms with Crippen molar-refractivity contribution in [3.05, 3.63) is 67.6 Å². The molecular weight excluding hydrogens is 364 g/mol. The topological polar surface area (TPSA) is 48.2 Å². The normalized spacial score (nSPS) is 11.2. The predicted molar refractivity (Wildman–Crippen MR) is 105 cm³/mol. The first-order valence-corrected chi connectivity index (χ1v) is 10.6. The number of aromatic nitrogens is 2. The van der Waals surface area contributed by atoms with Crippen molar-refractivity contribution >= 4 is 22.7 Å². The zero-order chi connectivity index (χ0) is 18.5. The zero-order valence-electron chi connectivity index (χ0n) is 15.3. The Balaban J connectivity index is 1.67. The molecule has 0 saturated heterocycles. The van der Waals surface area contributed by atoms with Gasteiger partial charge in [0.05, 0.1) is 9.75 Å². The lowest BCUT2D eigenvalue weighted by Crippen LogP contribution is -2.35. The molecule has 0 atom stereocenters. The SMILES string of the molecule is Cc1c(CCO)sc[n+]1Cc1ccc(C[n+]2csc(CCO)c2C)cc1. The molecule has 3 rings (SSSR count). The molecule has 6 heteroatoms. The van der Waals surface area contributed by atoms with Crippen LogP contribution in [0.2, 0.25) is 0 Å². The maximum absolute atomic E-state index is 9.13. The quantitative estimate of drug-likeness (QED) is 0.579. The van der Waals surface area contributed by atoms with Crippen LogP contribution in [0, 0.1) is 13.8 Å². The molecule has 0 spiro atoms. The van der Waals surface area contributed by atoms with Crippen molar-refractivity contribution < 1.29 is 19.3 Å². The lowest BCUT2D eigenvalue weighted by Gasteiger charge is -2.01. The van der Waals surface area contributed by atoms with E-state index in [1.54, 1.807) is 22.7 Å². The number of rotatable bonds is 8. The molecule has 0 aliphatic carbocycles. The minimum atomic E-state index is 0.204. The maximum atomic E-state index is 9.13. The minimum absolute atomic E-state index is 0.204. The minimum Gasteiger partial charge on any atom is -0.396 e. The Morgan fingerprint density at radius 2 is 1.12 bits per heavy atom. The summed E-state index contributed by atoms with van der Waals surface area (Å²) in [5.41, 5.74) is 9.33. The zero-order valence-corrected chi connectivity index (χ0v) is 16.9. The van der Waals surface area contributed by atoms with E-state index in [1.807, 2.05) is 0 Å². The molecule has 2 N–H and O–H groups in total. The van der Waals surface area contributed by atoms with Gasteiger partial charge in [-0.25, -0.2) is 0 Å². The third-order valence-corrected chi connectivity index (χ3v) is 7.01. The average Bonchev–Trinajstić information content (AvgIpc) is 3.15. The molecule has 0 aliphatic rings. The fourth-order valence-electron chi connectivity index (χ4n) is 3.04. The molecule has 0 unspecified atom stereocenters. The van der Waals surface area contributed by atoms with Gasteiger partial charge in [-0.05, 0) is 0 Å². The van der Waals surface area contributed by atoms with E-state index >= 15 is 0 Å². The van der Waals surface area contributed by atoms with Crippen LogP contribution in [-0.4, -0.2) is 23.4 Å². The van der Waals surface area contributed by atoms with Gasteiger partial charge in [0.25, 0.3) is 0 Å². The third kappa shape index (κ3) is 4.38. The average molecular weight is 391 g/mol. The predicted octanol–water partition coefficient (Wildman–Crippen LogP) is 2.17. The second-order valence-corrected chi connectivity index (χ2v) is 8.36. The molecule has 2 aromatic heterocycles. The van der Waals surface area contributed by atoms with Gasteiger partial charge in [0.15, 0.2) is 24.5 Å². The van der Waals surface area contributed by atoms with E-state index in [1.165, 1.54) is 32.3 Å². The molecule has 0 radical (unpaired) electrons. The Labute approximate surface area is 162 Å². The third-order valence-electron chi connectivity index (χ3n) is 4.72. The van der Waals surface area contributed by atoms with E-state index in [4.69, 9.17) is 10.2 Å². The van der Waals surface area contributed by atoms with Crippen LogP contribution < -0.4 is 9.13 Å². The van der Waals surface area contributed by atoms with Crippen LogP contribution in [0.3, 0.4) is 0 Å². The number of aliphatic hydroxyl groups is 2. The van der Waals surface area contributed by atoms with E-state index in [0.29, 0.717) is 0 Å². The van der Waals surface area contributed by atoms with Gasteiger partial charge in [0.1, 0.15) is 0 Å². The van der Waals surface area contributed by atoms with Crippen molar-refractivity contribution in [1.29, 1.82) is 0 Å². The molecule has 0 bridgehead atoms. The van der Waals surface area contributed by atoms with Gasteiger partial charge < -0.3 is 10.2 Å². The van der Waals surface area contributed by atoms with Crippen molar-refractivity contribution in [3.8, 4) is 0 Å². The van der Waals surface area contributed by atoms with Gasteiger partial charge in [0, 0.05) is 51.0 Å². The molecular formula is C20H26N2O2S2+2. The summed E-state index contributed by atoms with van der Waals surface area (Å²) in [6.07, 6.45) is 1.47. The molecule has 26 heavy (non-hydrogen) atoms. The highest BCUT2D eigenvalue weighted by molar-refractivity contribution is 7.09. The van der Waals surface area contributed by atoms with Crippen LogP contribution in [0.4, 0.5) is 0 Å². The fraction of sp³-hybridized carbons (Fsp3) is 0.400. The summed E-state index contributed by atoms with van der Waals surface area (Å²) >= 11 is 3.43. The van der Waals surface area contributed by atoms with Crippen LogP contribution in [-0.2, 0) is 25.9 Å². The smallest absolute Gasteiger partial charge is 0.225 e. The highest BCUT2D eigenvalue weighted by Gasteiger charge is 2.17. The highest BCUT2D eigenvalue weighted by Crippen LogP contribution is 2.14. The van der Waals surface area contributed by atoms with Gasteiger partial charge in [-0.3, -0.25) is 0 Å². The van der Waals surface area contributed by atoms with Crippen molar-refractivity contribution in [2.24, 2.45) is 0 Å². The maximum Gasteiger partial charge on any atom is 0.225 e. The Morgan fingerprint density at radius 1 is 0.731 bits per heavy atom. The van der Waals surface area contributed by atoms with Crippen LogP contribution >= 0.6 is 22.7 Å². The molecule has 0 aliphatic heterocycles. The Kier molecular flexibility index (Phi) is 6.53. The summed E-state index contributed by atoms with van der Waals surface area (Å²) < 4.78 is 4.51. The summed E-state index contributed by atoms with van der Waals surface area (Å²) in [7, 11) is 0. The van der Waals surface area contributed by atoms with Gasteiger partial charge in [-0.1, -0.05) is 46.9 Å². The van der Waals surface area contributed by atoms with Crippen molar-refractivity contribution in [2.45, 2.75) is 39.8 Å². The van der Waals surface area contributed by atoms with Crippen LogP contribution in [0.25, 0.3) is 0 Å². The molecule has 1 aromatic carbocycles. The van der Waals surface area contributed by atoms with E-state index < -0.39 is 0 Å². The lowest BCUT2D eigenvalue weighted by atomic mass is 10.1. The number of benzene rings is 1. The molecule has 2 heterocycles. The number of nitrogens with zero attached hydrogens (tertiary/aromatic N) is 2. The van der Waals surface area contributed by atoms with Gasteiger partial charge in [-0.2, -0.15) is 9.13 Å². The van der Waals surface area contributed by atoms with Crippen LogP contribution in [0.1, 0.15) is 32.3 Å². The number of aliphatic hydroxyl groups excluding tert-OH is 2. The van der Waals surface area contributed by atoms with Crippen molar-refractivity contribution in [3.63, 3.8) is 0 Å². The number of hydrogen-bond donors (Lipinski definition) is 2. The Morgan fingerprint density at radius 3 is 1.46 bits per heavy atom. The molecule has 0 saturated carbocycles. The Bertz CT molecular complexity index is 782. The summed E-state index contributed by atoms with van der Waals surface area (Å²) in [5, 5.41) is 18.3. The van der Waals surface area contributed by atoms with E-state index in [0.717, 1.165) is 25.9 Å². The molecule has 0 fully saturated rings. The largest absolute Gasteiger partial charge is 0.396 e. The van der Waals surface area contributed by atoms with Crippen LogP contribution in [0.5, 0.6) is 0 Å². The summed E-state index contributed by atoms with van der Waals surface area (Å²) in [6.45, 7) is 6.37.